The molecule has 5 rings (SSSR count). The van der Waals surface area contributed by atoms with Gasteiger partial charge in [-0.15, -0.1) is 0 Å². The summed E-state index contributed by atoms with van der Waals surface area (Å²) in [5, 5.41) is 4.68. The van der Waals surface area contributed by atoms with Crippen molar-refractivity contribution in [1.29, 1.82) is 0 Å². The first-order chi connectivity index (χ1) is 12.7. The lowest BCUT2D eigenvalue weighted by Gasteiger charge is -2.39. The van der Waals surface area contributed by atoms with Crippen LogP contribution in [0.15, 0.2) is 48.6 Å². The number of nitrogens with one attached hydrogen (secondary N) is 1. The van der Waals surface area contributed by atoms with Crippen LogP contribution in [-0.4, -0.2) is 17.6 Å². The van der Waals surface area contributed by atoms with E-state index >= 15 is 0 Å². The van der Waals surface area contributed by atoms with Crippen LogP contribution in [0.4, 0.5) is 5.69 Å². The van der Waals surface area contributed by atoms with Crippen molar-refractivity contribution >= 4 is 29.1 Å². The van der Waals surface area contributed by atoms with Crippen LogP contribution in [0.25, 0.3) is 0 Å². The van der Waals surface area contributed by atoms with Crippen molar-refractivity contribution in [2.45, 2.75) is 31.4 Å². The van der Waals surface area contributed by atoms with Crippen molar-refractivity contribution in [3.63, 3.8) is 0 Å². The maximum atomic E-state index is 6.57. The van der Waals surface area contributed by atoms with Crippen molar-refractivity contribution in [1.82, 2.24) is 0 Å². The number of ether oxygens (including phenoxy) is 1. The highest BCUT2D eigenvalue weighted by Gasteiger charge is 2.39. The molecule has 0 amide bonds. The summed E-state index contributed by atoms with van der Waals surface area (Å²) in [5.74, 6) is 4.11. The van der Waals surface area contributed by atoms with Crippen LogP contribution in [0.5, 0.6) is 5.75 Å². The lowest BCUT2D eigenvalue weighted by Crippen LogP contribution is -2.31. The van der Waals surface area contributed by atoms with Gasteiger partial charge in [0, 0.05) is 33.7 Å². The number of thioether (sulfide) groups is 1. The van der Waals surface area contributed by atoms with E-state index in [1.54, 1.807) is 0 Å². The molecular weight excluding hydrogens is 362 g/mol. The maximum Gasteiger partial charge on any atom is 0.119 e. The number of halogens is 1. The number of hydrogen-bond acceptors (Lipinski definition) is 3. The summed E-state index contributed by atoms with van der Waals surface area (Å²) >= 11 is 8.51. The number of fused-ring (bicyclic) bond motifs is 3. The molecule has 2 heterocycles. The van der Waals surface area contributed by atoms with Crippen LogP contribution < -0.4 is 10.1 Å². The molecule has 134 valence electrons. The second-order valence-corrected chi connectivity index (χ2v) is 8.96. The Morgan fingerprint density at radius 3 is 2.65 bits per heavy atom. The molecule has 4 heteroatoms. The van der Waals surface area contributed by atoms with Gasteiger partial charge in [-0.3, -0.25) is 0 Å². The number of aryl methyl sites for hydroxylation is 1. The summed E-state index contributed by atoms with van der Waals surface area (Å²) in [6.45, 7) is 2.16. The van der Waals surface area contributed by atoms with Crippen LogP contribution in [0, 0.1) is 12.8 Å². The minimum Gasteiger partial charge on any atom is -0.489 e. The third-order valence-electron chi connectivity index (χ3n) is 5.82. The topological polar surface area (TPSA) is 21.3 Å². The van der Waals surface area contributed by atoms with Crippen molar-refractivity contribution in [2.75, 3.05) is 16.8 Å². The molecule has 0 aromatic heterocycles. The van der Waals surface area contributed by atoms with Gasteiger partial charge in [0.1, 0.15) is 11.9 Å². The summed E-state index contributed by atoms with van der Waals surface area (Å²) in [6.07, 6.45) is 6.13. The minimum atomic E-state index is 0.299. The number of benzene rings is 2. The molecule has 26 heavy (non-hydrogen) atoms. The van der Waals surface area contributed by atoms with Crippen molar-refractivity contribution in [3.05, 3.63) is 70.3 Å². The van der Waals surface area contributed by atoms with Gasteiger partial charge in [-0.2, -0.15) is 11.8 Å². The van der Waals surface area contributed by atoms with Gasteiger partial charge < -0.3 is 10.1 Å². The first kappa shape index (κ1) is 16.6. The van der Waals surface area contributed by atoms with Crippen LogP contribution in [-0.2, 0) is 0 Å². The Morgan fingerprint density at radius 2 is 1.92 bits per heavy atom. The molecule has 1 fully saturated rings. The zero-order chi connectivity index (χ0) is 17.7. The van der Waals surface area contributed by atoms with Crippen LogP contribution >= 0.6 is 23.4 Å². The molecule has 0 bridgehead atoms. The highest BCUT2D eigenvalue weighted by Crippen LogP contribution is 2.52. The second-order valence-electron chi connectivity index (χ2n) is 7.47. The Balaban J connectivity index is 1.46. The van der Waals surface area contributed by atoms with Gasteiger partial charge in [0.05, 0.1) is 6.04 Å². The Labute approximate surface area is 164 Å². The monoisotopic (exact) mass is 383 g/mol. The molecule has 3 aliphatic rings. The van der Waals surface area contributed by atoms with Gasteiger partial charge in [-0.1, -0.05) is 42.0 Å². The third-order valence-corrected chi connectivity index (χ3v) is 7.37. The Morgan fingerprint density at radius 1 is 1.12 bits per heavy atom. The van der Waals surface area contributed by atoms with E-state index in [9.17, 15) is 0 Å². The fraction of sp³-hybridized carbons (Fsp3) is 0.364. The molecule has 3 atom stereocenters. The van der Waals surface area contributed by atoms with Crippen LogP contribution in [0.1, 0.15) is 35.1 Å². The largest absolute Gasteiger partial charge is 0.489 e. The van der Waals surface area contributed by atoms with Crippen molar-refractivity contribution in [3.8, 4) is 5.75 Å². The zero-order valence-electron chi connectivity index (χ0n) is 14.7. The molecule has 2 nitrogen and oxygen atoms in total. The first-order valence-electron chi connectivity index (χ1n) is 9.27. The summed E-state index contributed by atoms with van der Waals surface area (Å²) in [6, 6.07) is 13.1. The van der Waals surface area contributed by atoms with Gasteiger partial charge in [0.15, 0.2) is 0 Å². The van der Waals surface area contributed by atoms with Gasteiger partial charge in [0.2, 0.25) is 0 Å². The van der Waals surface area contributed by atoms with Crippen LogP contribution in [0.3, 0.4) is 0 Å². The van der Waals surface area contributed by atoms with Gasteiger partial charge in [0.25, 0.3) is 0 Å². The average Bonchev–Trinajstić information content (AvgIpc) is 3.10. The second kappa shape index (κ2) is 6.54. The molecule has 0 radical (unpaired) electrons. The fourth-order valence-corrected chi connectivity index (χ4v) is 5.22. The standard InChI is InChI=1S/C22H22ClNOS/c1-13-5-10-19(23)20-17-3-2-4-18(17)22(24-21(13)20)14-6-8-15(9-7-14)25-16-11-26-12-16/h2-3,5-10,16-18,22,24H,4,11-12H2,1H3/t17-,18-,22+/m0/s1. The predicted octanol–water partition coefficient (Wildman–Crippen LogP) is 5.97. The van der Waals surface area contributed by atoms with E-state index in [1.807, 2.05) is 17.8 Å². The van der Waals surface area contributed by atoms with Gasteiger partial charge >= 0.3 is 0 Å². The number of allylic oxidation sites excluding steroid dienone is 2. The van der Waals surface area contributed by atoms with Gasteiger partial charge in [-0.05, 0) is 48.6 Å². The van der Waals surface area contributed by atoms with E-state index in [-0.39, 0.29) is 0 Å². The number of rotatable bonds is 3. The molecule has 1 aliphatic carbocycles. The van der Waals surface area contributed by atoms with E-state index < -0.39 is 0 Å². The zero-order valence-corrected chi connectivity index (χ0v) is 16.3. The smallest absolute Gasteiger partial charge is 0.119 e. The molecule has 1 N–H and O–H groups in total. The summed E-state index contributed by atoms with van der Waals surface area (Å²) in [7, 11) is 0. The van der Waals surface area contributed by atoms with E-state index in [0.717, 1.165) is 28.7 Å². The Kier molecular flexibility index (Phi) is 4.17. The quantitative estimate of drug-likeness (QED) is 0.660. The lowest BCUT2D eigenvalue weighted by atomic mass is 9.76. The van der Waals surface area contributed by atoms with E-state index in [4.69, 9.17) is 16.3 Å². The Hall–Kier alpha value is -1.58. The molecule has 1 saturated heterocycles. The lowest BCUT2D eigenvalue weighted by molar-refractivity contribution is 0.240. The van der Waals surface area contributed by atoms with Crippen molar-refractivity contribution < 1.29 is 4.74 Å². The molecular formula is C22H22ClNOS. The molecule has 0 unspecified atom stereocenters. The van der Waals surface area contributed by atoms with Crippen LogP contribution in [0.2, 0.25) is 5.02 Å². The summed E-state index contributed by atoms with van der Waals surface area (Å²) in [4.78, 5) is 0. The predicted molar refractivity (Wildman–Crippen MR) is 111 cm³/mol. The molecule has 2 aliphatic heterocycles. The van der Waals surface area contributed by atoms with E-state index in [2.05, 4.69) is 54.7 Å². The minimum absolute atomic E-state index is 0.299. The SMILES string of the molecule is Cc1ccc(Cl)c2c1N[C@H](c1ccc(OC3CSC3)cc1)[C@H]1CC=C[C@H]21. The highest BCUT2D eigenvalue weighted by molar-refractivity contribution is 8.00. The average molecular weight is 384 g/mol. The molecule has 0 spiro atoms. The molecule has 2 aromatic rings. The molecule has 0 saturated carbocycles. The first-order valence-corrected chi connectivity index (χ1v) is 10.8. The number of hydrogen-bond donors (Lipinski definition) is 1. The van der Waals surface area contributed by atoms with E-state index in [1.165, 1.54) is 22.4 Å². The van der Waals surface area contributed by atoms with E-state index in [0.29, 0.717) is 24.0 Å². The molecule has 2 aromatic carbocycles. The van der Waals surface area contributed by atoms with Crippen molar-refractivity contribution in [2.24, 2.45) is 5.92 Å². The number of anilines is 1. The third kappa shape index (κ3) is 2.73. The summed E-state index contributed by atoms with van der Waals surface area (Å²) in [5.41, 5.74) is 5.06. The maximum absolute atomic E-state index is 6.57. The van der Waals surface area contributed by atoms with Gasteiger partial charge in [-0.25, -0.2) is 0 Å². The fourth-order valence-electron chi connectivity index (χ4n) is 4.37. The summed E-state index contributed by atoms with van der Waals surface area (Å²) < 4.78 is 6.00. The Bertz CT molecular complexity index is 859. The highest BCUT2D eigenvalue weighted by atomic mass is 35.5. The normalized spacial score (nSPS) is 26.6.